The van der Waals surface area contributed by atoms with E-state index in [2.05, 4.69) is 11.7 Å². The van der Waals surface area contributed by atoms with E-state index in [1.165, 1.54) is 17.9 Å². The number of nitro groups is 1. The molecular formula is C22H17N3O5. The highest BCUT2D eigenvalue weighted by atomic mass is 16.6. The summed E-state index contributed by atoms with van der Waals surface area (Å²) in [6.45, 7) is 3.89. The van der Waals surface area contributed by atoms with Gasteiger partial charge in [-0.1, -0.05) is 24.8 Å². The first-order chi connectivity index (χ1) is 14.5. The Morgan fingerprint density at radius 3 is 2.63 bits per heavy atom. The monoisotopic (exact) mass is 403 g/mol. The topological polar surface area (TPSA) is 103 Å². The molecule has 8 heteroatoms. The molecule has 2 aromatic carbocycles. The van der Waals surface area contributed by atoms with Crippen molar-refractivity contribution in [2.24, 2.45) is 0 Å². The van der Waals surface area contributed by atoms with E-state index < -0.39 is 4.92 Å². The highest BCUT2D eigenvalue weighted by Gasteiger charge is 2.19. The lowest BCUT2D eigenvalue weighted by Crippen LogP contribution is -2.33. The Kier molecular flexibility index (Phi) is 4.81. The van der Waals surface area contributed by atoms with Gasteiger partial charge in [0.1, 0.15) is 17.3 Å². The molecule has 0 bridgehead atoms. The third-order valence-corrected chi connectivity index (χ3v) is 4.60. The maximum absolute atomic E-state index is 12.8. The quantitative estimate of drug-likeness (QED) is 0.408. The number of para-hydroxylation sites is 1. The number of nitrogens with zero attached hydrogens (tertiary/aromatic N) is 2. The molecule has 1 N–H and O–H groups in total. The van der Waals surface area contributed by atoms with Crippen LogP contribution in [-0.2, 0) is 0 Å². The predicted octanol–water partition coefficient (Wildman–Crippen LogP) is 2.58. The van der Waals surface area contributed by atoms with Crippen LogP contribution in [0, 0.1) is 10.1 Å². The molecule has 150 valence electrons. The molecule has 0 aliphatic heterocycles. The number of methoxy groups -OCH3 is 1. The van der Waals surface area contributed by atoms with Gasteiger partial charge in [0, 0.05) is 0 Å². The van der Waals surface area contributed by atoms with E-state index in [4.69, 9.17) is 9.15 Å². The summed E-state index contributed by atoms with van der Waals surface area (Å²) >= 11 is 0. The van der Waals surface area contributed by atoms with Gasteiger partial charge in [-0.2, -0.15) is 0 Å². The second kappa shape index (κ2) is 7.59. The van der Waals surface area contributed by atoms with Crippen molar-refractivity contribution < 1.29 is 14.1 Å². The molecule has 0 spiro atoms. The molecule has 0 radical (unpaired) electrons. The van der Waals surface area contributed by atoms with Crippen molar-refractivity contribution in [1.29, 1.82) is 0 Å². The van der Waals surface area contributed by atoms with E-state index in [9.17, 15) is 14.9 Å². The maximum Gasteiger partial charge on any atom is 0.284 e. The fraction of sp³-hybridized carbons (Fsp3) is 0.0455. The Morgan fingerprint density at radius 2 is 1.93 bits per heavy atom. The first-order valence-electron chi connectivity index (χ1n) is 8.97. The minimum atomic E-state index is -0.498. The van der Waals surface area contributed by atoms with Crippen molar-refractivity contribution in [3.8, 4) is 22.8 Å². The molecule has 0 aliphatic carbocycles. The molecule has 0 unspecified atom stereocenters. The molecule has 2 aromatic heterocycles. The van der Waals surface area contributed by atoms with E-state index in [1.54, 1.807) is 42.5 Å². The standard InChI is InChI=1S/C22H17N3O5/c1-14-19(22(26)24(23-14)15-6-4-3-5-7-15)12-17-9-11-21(30-17)18-10-8-16(29-2)13-20(18)25(27)28/h3-13,23H,1H2,2H3. The molecule has 30 heavy (non-hydrogen) atoms. The van der Waals surface area contributed by atoms with Crippen LogP contribution in [0.5, 0.6) is 5.75 Å². The second-order valence-electron chi connectivity index (χ2n) is 6.47. The van der Waals surface area contributed by atoms with Crippen molar-refractivity contribution >= 4 is 18.3 Å². The number of aromatic nitrogens is 2. The lowest BCUT2D eigenvalue weighted by Gasteiger charge is -2.03. The van der Waals surface area contributed by atoms with Crippen LogP contribution in [0.3, 0.4) is 0 Å². The molecule has 0 saturated heterocycles. The third kappa shape index (κ3) is 3.42. The van der Waals surface area contributed by atoms with E-state index >= 15 is 0 Å². The Bertz CT molecular complexity index is 1400. The summed E-state index contributed by atoms with van der Waals surface area (Å²) in [6, 6.07) is 16.9. The van der Waals surface area contributed by atoms with Gasteiger partial charge < -0.3 is 9.15 Å². The summed E-state index contributed by atoms with van der Waals surface area (Å²) in [4.78, 5) is 23.7. The SMILES string of the molecule is C=c1[nH]n(-c2ccccc2)c(=O)c1=Cc1ccc(-c2ccc(OC)cc2[N+](=O)[O-])o1. The number of rotatable bonds is 5. The number of furan rings is 1. The summed E-state index contributed by atoms with van der Waals surface area (Å²) in [7, 11) is 1.44. The summed E-state index contributed by atoms with van der Waals surface area (Å²) in [5, 5.41) is 15.1. The summed E-state index contributed by atoms with van der Waals surface area (Å²) in [5.74, 6) is 1.05. The number of ether oxygens (including phenoxy) is 1. The molecule has 2 heterocycles. The van der Waals surface area contributed by atoms with Gasteiger partial charge in [0.25, 0.3) is 11.2 Å². The van der Waals surface area contributed by atoms with Gasteiger partial charge in [-0.05, 0) is 42.5 Å². The van der Waals surface area contributed by atoms with Gasteiger partial charge in [-0.3, -0.25) is 20.0 Å². The molecular weight excluding hydrogens is 386 g/mol. The van der Waals surface area contributed by atoms with Crippen LogP contribution in [0.15, 0.2) is 69.9 Å². The summed E-state index contributed by atoms with van der Waals surface area (Å²) in [6.07, 6.45) is 1.56. The van der Waals surface area contributed by atoms with Gasteiger partial charge in [0.05, 0.1) is 39.9 Å². The zero-order valence-electron chi connectivity index (χ0n) is 16.0. The van der Waals surface area contributed by atoms with E-state index in [-0.39, 0.29) is 11.2 Å². The van der Waals surface area contributed by atoms with Gasteiger partial charge >= 0.3 is 0 Å². The minimum Gasteiger partial charge on any atom is -0.497 e. The Hall–Kier alpha value is -4.33. The zero-order chi connectivity index (χ0) is 21.3. The normalized spacial score (nSPS) is 11.6. The van der Waals surface area contributed by atoms with Gasteiger partial charge in [-0.25, -0.2) is 4.68 Å². The van der Waals surface area contributed by atoms with E-state index in [0.717, 1.165) is 0 Å². The number of benzene rings is 2. The molecule has 8 nitrogen and oxygen atoms in total. The number of nitro benzene ring substituents is 1. The van der Waals surface area contributed by atoms with Crippen LogP contribution in [0.1, 0.15) is 5.76 Å². The summed E-state index contributed by atoms with van der Waals surface area (Å²) < 4.78 is 12.2. The number of hydrogen-bond donors (Lipinski definition) is 1. The fourth-order valence-corrected chi connectivity index (χ4v) is 3.12. The molecule has 0 aliphatic rings. The van der Waals surface area contributed by atoms with Crippen LogP contribution >= 0.6 is 0 Å². The number of hydrogen-bond acceptors (Lipinski definition) is 5. The minimum absolute atomic E-state index is 0.138. The van der Waals surface area contributed by atoms with Crippen molar-refractivity contribution in [1.82, 2.24) is 9.78 Å². The maximum atomic E-state index is 12.8. The smallest absolute Gasteiger partial charge is 0.284 e. The Balaban J connectivity index is 1.78. The fourth-order valence-electron chi connectivity index (χ4n) is 3.12. The molecule has 0 amide bonds. The molecule has 0 fully saturated rings. The summed E-state index contributed by atoms with van der Waals surface area (Å²) in [5.41, 5.74) is 0.577. The lowest BCUT2D eigenvalue weighted by atomic mass is 10.1. The van der Waals surface area contributed by atoms with Crippen molar-refractivity contribution in [2.75, 3.05) is 7.11 Å². The van der Waals surface area contributed by atoms with Crippen LogP contribution < -0.4 is 20.9 Å². The average Bonchev–Trinajstić information content (AvgIpc) is 3.34. The number of aromatic amines is 1. The van der Waals surface area contributed by atoms with Gasteiger partial charge in [0.2, 0.25) is 0 Å². The van der Waals surface area contributed by atoms with Crippen LogP contribution in [0.25, 0.3) is 29.7 Å². The number of H-pyrrole nitrogens is 1. The highest BCUT2D eigenvalue weighted by Crippen LogP contribution is 2.34. The van der Waals surface area contributed by atoms with Crippen molar-refractivity contribution in [3.63, 3.8) is 0 Å². The first-order valence-corrected chi connectivity index (χ1v) is 8.97. The average molecular weight is 403 g/mol. The third-order valence-electron chi connectivity index (χ3n) is 4.60. The lowest BCUT2D eigenvalue weighted by molar-refractivity contribution is -0.384. The number of nitrogens with one attached hydrogen (secondary N) is 1. The van der Waals surface area contributed by atoms with Crippen LogP contribution in [-0.4, -0.2) is 21.8 Å². The second-order valence-corrected chi connectivity index (χ2v) is 6.47. The largest absolute Gasteiger partial charge is 0.497 e. The van der Waals surface area contributed by atoms with Gasteiger partial charge in [-0.15, -0.1) is 0 Å². The van der Waals surface area contributed by atoms with Crippen LogP contribution in [0.4, 0.5) is 5.69 Å². The molecule has 4 rings (SSSR count). The van der Waals surface area contributed by atoms with Crippen molar-refractivity contribution in [2.45, 2.75) is 0 Å². The van der Waals surface area contributed by atoms with Crippen LogP contribution in [0.2, 0.25) is 0 Å². The molecule has 0 atom stereocenters. The zero-order valence-corrected chi connectivity index (χ0v) is 16.0. The van der Waals surface area contributed by atoms with E-state index in [0.29, 0.717) is 39.1 Å². The Morgan fingerprint density at radius 1 is 1.17 bits per heavy atom. The highest BCUT2D eigenvalue weighted by molar-refractivity contribution is 5.71. The molecule has 0 saturated carbocycles. The van der Waals surface area contributed by atoms with Crippen molar-refractivity contribution in [3.05, 3.63) is 97.5 Å². The Labute approximate surface area is 170 Å². The van der Waals surface area contributed by atoms with Gasteiger partial charge in [0.15, 0.2) is 0 Å². The first kappa shape index (κ1) is 19.0. The predicted molar refractivity (Wildman–Crippen MR) is 112 cm³/mol. The molecule has 4 aromatic rings. The van der Waals surface area contributed by atoms with E-state index in [1.807, 2.05) is 18.2 Å².